The topological polar surface area (TPSA) is 81.1 Å². The molecule has 1 saturated heterocycles. The van der Waals surface area contributed by atoms with Crippen LogP contribution in [0, 0.1) is 13.8 Å². The zero-order valence-corrected chi connectivity index (χ0v) is 14.6. The Bertz CT molecular complexity index is 854. The third kappa shape index (κ3) is 3.84. The molecule has 0 unspecified atom stereocenters. The van der Waals surface area contributed by atoms with E-state index >= 15 is 0 Å². The summed E-state index contributed by atoms with van der Waals surface area (Å²) in [5.41, 5.74) is 2.84. The second-order valence-corrected chi connectivity index (χ2v) is 8.61. The normalized spacial score (nSPS) is 19.3. The lowest BCUT2D eigenvalue weighted by atomic mass is 10.1. The predicted octanol–water partition coefficient (Wildman–Crippen LogP) is 2.04. The lowest BCUT2D eigenvalue weighted by Gasteiger charge is -2.13. The Morgan fingerprint density at radius 3 is 2.62 bits per heavy atom. The van der Waals surface area contributed by atoms with Crippen LogP contribution in [0.3, 0.4) is 0 Å². The minimum Gasteiger partial charge on any atom is -0.311 e. The fraction of sp³-hybridized carbons (Fsp3) is 0.412. The maximum Gasteiger partial charge on any atom is 0.229 e. The number of hydrogen-bond acceptors (Lipinski definition) is 4. The zero-order valence-electron chi connectivity index (χ0n) is 13.8. The van der Waals surface area contributed by atoms with E-state index in [-0.39, 0.29) is 29.9 Å². The highest BCUT2D eigenvalue weighted by molar-refractivity contribution is 7.91. The molecule has 2 heterocycles. The highest BCUT2D eigenvalue weighted by atomic mass is 32.2. The number of sulfone groups is 1. The molecule has 0 spiro atoms. The van der Waals surface area contributed by atoms with Crippen LogP contribution in [0.2, 0.25) is 0 Å². The summed E-state index contributed by atoms with van der Waals surface area (Å²) < 4.78 is 25.0. The maximum atomic E-state index is 12.3. The quantitative estimate of drug-likeness (QED) is 0.918. The highest BCUT2D eigenvalue weighted by Gasteiger charge is 2.31. The molecule has 3 rings (SSSR count). The molecule has 1 aliphatic heterocycles. The van der Waals surface area contributed by atoms with Crippen LogP contribution in [0.15, 0.2) is 30.3 Å². The van der Waals surface area contributed by atoms with Crippen LogP contribution in [-0.4, -0.2) is 35.6 Å². The van der Waals surface area contributed by atoms with Gasteiger partial charge in [0.15, 0.2) is 9.84 Å². The summed E-state index contributed by atoms with van der Waals surface area (Å²) in [5.74, 6) is 0.676. The summed E-state index contributed by atoms with van der Waals surface area (Å²) in [4.78, 5) is 12.3. The third-order valence-electron chi connectivity index (χ3n) is 4.16. The number of nitrogens with one attached hydrogen (secondary N) is 1. The molecule has 0 saturated carbocycles. The summed E-state index contributed by atoms with van der Waals surface area (Å²) in [6, 6.07) is 9.37. The van der Waals surface area contributed by atoms with Crippen molar-refractivity contribution in [3.63, 3.8) is 0 Å². The number of aryl methyl sites for hydroxylation is 2. The number of aromatic nitrogens is 2. The fourth-order valence-electron chi connectivity index (χ4n) is 2.94. The first-order valence-electron chi connectivity index (χ1n) is 7.94. The Morgan fingerprint density at radius 2 is 2.00 bits per heavy atom. The number of carbonyl (C=O) groups is 1. The van der Waals surface area contributed by atoms with Crippen molar-refractivity contribution in [2.75, 3.05) is 16.8 Å². The molecule has 0 aliphatic carbocycles. The summed E-state index contributed by atoms with van der Waals surface area (Å²) in [7, 11) is -3.01. The molecule has 6 nitrogen and oxygen atoms in total. The number of hydrogen-bond donors (Lipinski definition) is 1. The van der Waals surface area contributed by atoms with Gasteiger partial charge in [0, 0.05) is 6.07 Å². The van der Waals surface area contributed by atoms with E-state index in [0.717, 1.165) is 16.8 Å². The number of benzene rings is 1. The molecule has 1 aromatic heterocycles. The van der Waals surface area contributed by atoms with Crippen LogP contribution in [0.5, 0.6) is 0 Å². The summed E-state index contributed by atoms with van der Waals surface area (Å²) in [6.07, 6.45) is 0.803. The molecule has 1 aromatic carbocycles. The van der Waals surface area contributed by atoms with E-state index in [9.17, 15) is 13.2 Å². The van der Waals surface area contributed by atoms with Gasteiger partial charge in [-0.25, -0.2) is 13.1 Å². The van der Waals surface area contributed by atoms with E-state index < -0.39 is 9.84 Å². The molecule has 7 heteroatoms. The van der Waals surface area contributed by atoms with Crippen molar-refractivity contribution in [2.24, 2.45) is 0 Å². The van der Waals surface area contributed by atoms with Gasteiger partial charge in [-0.1, -0.05) is 29.8 Å². The Kier molecular flexibility index (Phi) is 4.45. The Balaban J connectivity index is 1.73. The summed E-state index contributed by atoms with van der Waals surface area (Å²) >= 11 is 0. The largest absolute Gasteiger partial charge is 0.311 e. The SMILES string of the molecule is Cc1ccc(CC(=O)Nc2cc(C)nn2[C@@H]2CCS(=O)(=O)C2)cc1. The van der Waals surface area contributed by atoms with Gasteiger partial charge in [-0.3, -0.25) is 4.79 Å². The lowest BCUT2D eigenvalue weighted by molar-refractivity contribution is -0.115. The number of carbonyl (C=O) groups excluding carboxylic acids is 1. The molecule has 1 N–H and O–H groups in total. The number of amides is 1. The van der Waals surface area contributed by atoms with Gasteiger partial charge in [-0.2, -0.15) is 5.10 Å². The van der Waals surface area contributed by atoms with Crippen molar-refractivity contribution in [1.82, 2.24) is 9.78 Å². The lowest BCUT2D eigenvalue weighted by Crippen LogP contribution is -2.20. The minimum atomic E-state index is -3.01. The maximum absolute atomic E-state index is 12.3. The second-order valence-electron chi connectivity index (χ2n) is 6.38. The van der Waals surface area contributed by atoms with Crippen molar-refractivity contribution in [3.05, 3.63) is 47.2 Å². The molecule has 1 atom stereocenters. The van der Waals surface area contributed by atoms with Gasteiger partial charge in [0.05, 0.1) is 29.7 Å². The second kappa shape index (κ2) is 6.39. The smallest absolute Gasteiger partial charge is 0.229 e. The summed E-state index contributed by atoms with van der Waals surface area (Å²) in [5, 5.41) is 7.23. The highest BCUT2D eigenvalue weighted by Crippen LogP contribution is 2.27. The van der Waals surface area contributed by atoms with Gasteiger partial charge >= 0.3 is 0 Å². The van der Waals surface area contributed by atoms with Crippen LogP contribution in [0.1, 0.15) is 29.3 Å². The van der Waals surface area contributed by atoms with Gasteiger partial charge in [0.25, 0.3) is 0 Å². The molecule has 1 amide bonds. The standard InChI is InChI=1S/C17H21N3O3S/c1-12-3-5-14(6-4-12)10-17(21)18-16-9-13(2)19-20(16)15-7-8-24(22,23)11-15/h3-6,9,15H,7-8,10-11H2,1-2H3,(H,18,21)/t15-/m1/s1. The number of anilines is 1. The van der Waals surface area contributed by atoms with Gasteiger partial charge in [0.2, 0.25) is 5.91 Å². The Hall–Kier alpha value is -2.15. The first-order chi connectivity index (χ1) is 11.3. The molecule has 24 heavy (non-hydrogen) atoms. The molecule has 2 aromatic rings. The predicted molar refractivity (Wildman–Crippen MR) is 92.8 cm³/mol. The minimum absolute atomic E-state index is 0.0783. The van der Waals surface area contributed by atoms with Gasteiger partial charge < -0.3 is 5.32 Å². The molecular formula is C17H21N3O3S. The fourth-order valence-corrected chi connectivity index (χ4v) is 4.63. The molecule has 1 aliphatic rings. The van der Waals surface area contributed by atoms with Crippen molar-refractivity contribution >= 4 is 21.6 Å². The average molecular weight is 347 g/mol. The van der Waals surface area contributed by atoms with E-state index in [0.29, 0.717) is 12.2 Å². The van der Waals surface area contributed by atoms with Crippen LogP contribution in [0.4, 0.5) is 5.82 Å². The van der Waals surface area contributed by atoms with E-state index in [1.165, 1.54) is 0 Å². The Labute approximate surface area is 141 Å². The van der Waals surface area contributed by atoms with Crippen molar-refractivity contribution in [1.29, 1.82) is 0 Å². The van der Waals surface area contributed by atoms with E-state index in [4.69, 9.17) is 0 Å². The molecular weight excluding hydrogens is 326 g/mol. The first-order valence-corrected chi connectivity index (χ1v) is 9.76. The van der Waals surface area contributed by atoms with Crippen molar-refractivity contribution < 1.29 is 13.2 Å². The van der Waals surface area contributed by atoms with Gasteiger partial charge in [-0.15, -0.1) is 0 Å². The number of nitrogens with zero attached hydrogens (tertiary/aromatic N) is 2. The monoisotopic (exact) mass is 347 g/mol. The third-order valence-corrected chi connectivity index (χ3v) is 5.92. The van der Waals surface area contributed by atoms with Crippen molar-refractivity contribution in [3.8, 4) is 0 Å². The average Bonchev–Trinajstić information content (AvgIpc) is 3.03. The Morgan fingerprint density at radius 1 is 1.29 bits per heavy atom. The number of rotatable bonds is 4. The van der Waals surface area contributed by atoms with Crippen LogP contribution < -0.4 is 5.32 Å². The van der Waals surface area contributed by atoms with Crippen LogP contribution in [-0.2, 0) is 21.1 Å². The zero-order chi connectivity index (χ0) is 17.3. The summed E-state index contributed by atoms with van der Waals surface area (Å²) in [6.45, 7) is 3.83. The molecule has 128 valence electrons. The van der Waals surface area contributed by atoms with Crippen LogP contribution >= 0.6 is 0 Å². The van der Waals surface area contributed by atoms with Gasteiger partial charge in [-0.05, 0) is 25.8 Å². The van der Waals surface area contributed by atoms with Gasteiger partial charge in [0.1, 0.15) is 5.82 Å². The molecule has 0 radical (unpaired) electrons. The molecule has 0 bridgehead atoms. The van der Waals surface area contributed by atoms with Crippen molar-refractivity contribution in [2.45, 2.75) is 32.7 Å². The first kappa shape index (κ1) is 16.7. The molecule has 1 fully saturated rings. The van der Waals surface area contributed by atoms with Crippen LogP contribution in [0.25, 0.3) is 0 Å². The van der Waals surface area contributed by atoms with E-state index in [1.54, 1.807) is 10.7 Å². The van der Waals surface area contributed by atoms with E-state index in [2.05, 4.69) is 10.4 Å². The van der Waals surface area contributed by atoms with E-state index in [1.807, 2.05) is 38.1 Å².